The van der Waals surface area contributed by atoms with Crippen molar-refractivity contribution in [3.8, 4) is 0 Å². The molecule has 0 aromatic rings. The van der Waals surface area contributed by atoms with Crippen molar-refractivity contribution < 1.29 is 14.3 Å². The van der Waals surface area contributed by atoms with Gasteiger partial charge in [-0.05, 0) is 25.7 Å². The maximum atomic E-state index is 11.0. The first-order chi connectivity index (χ1) is 6.29. The van der Waals surface area contributed by atoms with E-state index in [4.69, 9.17) is 9.47 Å². The van der Waals surface area contributed by atoms with E-state index in [1.54, 1.807) is 6.92 Å². The fraction of sp³-hybridized carbons (Fsp3) is 0.700. The molecule has 72 valence electrons. The lowest BCUT2D eigenvalue weighted by Gasteiger charge is -2.17. The van der Waals surface area contributed by atoms with Crippen molar-refractivity contribution >= 4 is 6.16 Å². The number of carbonyl (C=O) groups excluding carboxylic acids is 1. The summed E-state index contributed by atoms with van der Waals surface area (Å²) in [5.41, 5.74) is 0. The number of fused-ring (bicyclic) bond motifs is 2. The summed E-state index contributed by atoms with van der Waals surface area (Å²) in [5, 5.41) is 0. The van der Waals surface area contributed by atoms with E-state index in [1.165, 1.54) is 0 Å². The third-order valence-electron chi connectivity index (χ3n) is 2.73. The Balaban J connectivity index is 1.83. The van der Waals surface area contributed by atoms with Crippen molar-refractivity contribution in [3.63, 3.8) is 0 Å². The van der Waals surface area contributed by atoms with Crippen LogP contribution in [0.3, 0.4) is 0 Å². The van der Waals surface area contributed by atoms with Gasteiger partial charge >= 0.3 is 6.16 Å². The van der Waals surface area contributed by atoms with Gasteiger partial charge in [0, 0.05) is 5.92 Å². The maximum Gasteiger partial charge on any atom is 0.508 e. The zero-order valence-corrected chi connectivity index (χ0v) is 7.73. The summed E-state index contributed by atoms with van der Waals surface area (Å²) in [5.74, 6) is 1.07. The van der Waals surface area contributed by atoms with Crippen LogP contribution in [0.25, 0.3) is 0 Å². The maximum absolute atomic E-state index is 11.0. The Kier molecular flexibility index (Phi) is 2.25. The van der Waals surface area contributed by atoms with E-state index in [1.807, 2.05) is 0 Å². The fourth-order valence-electron chi connectivity index (χ4n) is 2.14. The van der Waals surface area contributed by atoms with Crippen LogP contribution in [0.2, 0.25) is 0 Å². The second-order valence-electron chi connectivity index (χ2n) is 3.62. The van der Waals surface area contributed by atoms with E-state index in [0.717, 1.165) is 12.8 Å². The van der Waals surface area contributed by atoms with Crippen LogP contribution in [0, 0.1) is 11.8 Å². The van der Waals surface area contributed by atoms with Crippen LogP contribution in [-0.4, -0.2) is 18.9 Å². The molecule has 3 atom stereocenters. The Morgan fingerprint density at radius 1 is 1.46 bits per heavy atom. The first kappa shape index (κ1) is 8.60. The molecule has 0 amide bonds. The van der Waals surface area contributed by atoms with Gasteiger partial charge in [0.1, 0.15) is 6.10 Å². The molecule has 0 N–H and O–H groups in total. The molecule has 1 fully saturated rings. The molecule has 0 heterocycles. The molecule has 2 rings (SSSR count). The van der Waals surface area contributed by atoms with E-state index in [9.17, 15) is 4.79 Å². The monoisotopic (exact) mass is 182 g/mol. The number of rotatable bonds is 2. The Morgan fingerprint density at radius 3 is 2.85 bits per heavy atom. The van der Waals surface area contributed by atoms with Crippen molar-refractivity contribution in [2.24, 2.45) is 11.8 Å². The van der Waals surface area contributed by atoms with Gasteiger partial charge in [-0.2, -0.15) is 0 Å². The summed E-state index contributed by atoms with van der Waals surface area (Å²) in [6.45, 7) is 2.16. The highest BCUT2D eigenvalue weighted by Crippen LogP contribution is 2.40. The van der Waals surface area contributed by atoms with Crippen LogP contribution in [0.1, 0.15) is 19.8 Å². The molecule has 0 saturated heterocycles. The highest BCUT2D eigenvalue weighted by molar-refractivity contribution is 5.60. The minimum atomic E-state index is -0.520. The van der Waals surface area contributed by atoms with Gasteiger partial charge in [0.05, 0.1) is 6.61 Å². The predicted octanol–water partition coefficient (Wildman–Crippen LogP) is 2.12. The zero-order chi connectivity index (χ0) is 9.26. The zero-order valence-electron chi connectivity index (χ0n) is 7.73. The standard InChI is InChI=1S/C10H14O3/c1-2-12-10(11)13-9-6-7-3-4-8(9)5-7/h3-4,7-9H,2,5-6H2,1H3/t7-,8+,9+/m0/s1. The van der Waals surface area contributed by atoms with Gasteiger partial charge in [0.2, 0.25) is 0 Å². The number of ether oxygens (including phenoxy) is 2. The van der Waals surface area contributed by atoms with Crippen LogP contribution in [0.4, 0.5) is 4.79 Å². The Labute approximate surface area is 77.7 Å². The van der Waals surface area contributed by atoms with E-state index >= 15 is 0 Å². The molecule has 0 aliphatic heterocycles. The van der Waals surface area contributed by atoms with Crippen LogP contribution in [-0.2, 0) is 9.47 Å². The summed E-state index contributed by atoms with van der Waals surface area (Å²) in [6.07, 6.45) is 6.03. The van der Waals surface area contributed by atoms with Crippen LogP contribution in [0.5, 0.6) is 0 Å². The van der Waals surface area contributed by atoms with Gasteiger partial charge in [-0.1, -0.05) is 12.2 Å². The summed E-state index contributed by atoms with van der Waals surface area (Å²) in [6, 6.07) is 0. The molecule has 2 bridgehead atoms. The summed E-state index contributed by atoms with van der Waals surface area (Å²) in [7, 11) is 0. The van der Waals surface area contributed by atoms with Gasteiger partial charge in [-0.15, -0.1) is 0 Å². The molecule has 0 aromatic carbocycles. The lowest BCUT2D eigenvalue weighted by Crippen LogP contribution is -2.22. The average Bonchev–Trinajstić information content (AvgIpc) is 2.65. The molecule has 3 heteroatoms. The first-order valence-electron chi connectivity index (χ1n) is 4.81. The molecule has 0 aromatic heterocycles. The molecule has 0 radical (unpaired) electrons. The average molecular weight is 182 g/mol. The highest BCUT2D eigenvalue weighted by atomic mass is 16.7. The molecule has 13 heavy (non-hydrogen) atoms. The van der Waals surface area contributed by atoms with Crippen molar-refractivity contribution in [1.82, 2.24) is 0 Å². The predicted molar refractivity (Wildman–Crippen MR) is 47.2 cm³/mol. The van der Waals surface area contributed by atoms with E-state index in [2.05, 4.69) is 12.2 Å². The summed E-state index contributed by atoms with van der Waals surface area (Å²) in [4.78, 5) is 11.0. The Morgan fingerprint density at radius 2 is 2.31 bits per heavy atom. The first-order valence-corrected chi connectivity index (χ1v) is 4.81. The minimum absolute atomic E-state index is 0.0639. The van der Waals surface area contributed by atoms with Gasteiger partial charge in [-0.25, -0.2) is 4.79 Å². The largest absolute Gasteiger partial charge is 0.508 e. The quantitative estimate of drug-likeness (QED) is 0.484. The molecule has 1 saturated carbocycles. The van der Waals surface area contributed by atoms with E-state index in [-0.39, 0.29) is 6.10 Å². The number of hydrogen-bond acceptors (Lipinski definition) is 3. The molecule has 0 unspecified atom stereocenters. The molecular weight excluding hydrogens is 168 g/mol. The second-order valence-corrected chi connectivity index (χ2v) is 3.62. The van der Waals surface area contributed by atoms with Crippen molar-refractivity contribution in [1.29, 1.82) is 0 Å². The smallest absolute Gasteiger partial charge is 0.435 e. The van der Waals surface area contributed by atoms with E-state index < -0.39 is 6.16 Å². The third kappa shape index (κ3) is 1.69. The number of allylic oxidation sites excluding steroid dienone is 1. The minimum Gasteiger partial charge on any atom is -0.435 e. The molecule has 3 nitrogen and oxygen atoms in total. The molecule has 2 aliphatic carbocycles. The van der Waals surface area contributed by atoms with Crippen LogP contribution < -0.4 is 0 Å². The molecular formula is C10H14O3. The highest BCUT2D eigenvalue weighted by Gasteiger charge is 2.38. The molecule has 0 spiro atoms. The van der Waals surface area contributed by atoms with Gasteiger partial charge in [0.25, 0.3) is 0 Å². The fourth-order valence-corrected chi connectivity index (χ4v) is 2.14. The molecule has 2 aliphatic rings. The van der Waals surface area contributed by atoms with Crippen molar-refractivity contribution in [3.05, 3.63) is 12.2 Å². The topological polar surface area (TPSA) is 35.5 Å². The SMILES string of the molecule is CCOC(=O)O[C@@H]1C[C@H]2C=C[C@@H]1C2. The van der Waals surface area contributed by atoms with Gasteiger partial charge in [-0.3, -0.25) is 0 Å². The lowest BCUT2D eigenvalue weighted by molar-refractivity contribution is 0.0179. The van der Waals surface area contributed by atoms with Crippen LogP contribution >= 0.6 is 0 Å². The number of carbonyl (C=O) groups is 1. The summed E-state index contributed by atoms with van der Waals surface area (Å²) < 4.78 is 9.90. The normalized spacial score (nSPS) is 35.0. The second kappa shape index (κ2) is 3.40. The van der Waals surface area contributed by atoms with Crippen molar-refractivity contribution in [2.45, 2.75) is 25.9 Å². The Bertz CT molecular complexity index is 234. The van der Waals surface area contributed by atoms with Gasteiger partial charge < -0.3 is 9.47 Å². The Hall–Kier alpha value is -0.990. The third-order valence-corrected chi connectivity index (χ3v) is 2.73. The van der Waals surface area contributed by atoms with Gasteiger partial charge in [0.15, 0.2) is 0 Å². The van der Waals surface area contributed by atoms with Crippen LogP contribution in [0.15, 0.2) is 12.2 Å². The van der Waals surface area contributed by atoms with E-state index in [0.29, 0.717) is 18.4 Å². The summed E-state index contributed by atoms with van der Waals surface area (Å²) >= 11 is 0. The van der Waals surface area contributed by atoms with Crippen molar-refractivity contribution in [2.75, 3.05) is 6.61 Å². The number of hydrogen-bond donors (Lipinski definition) is 0. The lowest BCUT2D eigenvalue weighted by atomic mass is 10.1.